The van der Waals surface area contributed by atoms with Gasteiger partial charge in [-0.05, 0) is 35.1 Å². The number of nitrogens with zero attached hydrogens (tertiary/aromatic N) is 2. The fourth-order valence-corrected chi connectivity index (χ4v) is 1.22. The molecule has 0 aromatic rings. The highest BCUT2D eigenvalue weighted by Gasteiger charge is 2.28. The Bertz CT molecular complexity index is 109. The summed E-state index contributed by atoms with van der Waals surface area (Å²) in [6.45, 7) is 2.79. The molecular formula is C7H20N2OSi. The van der Waals surface area contributed by atoms with Crippen molar-refractivity contribution in [1.29, 1.82) is 0 Å². The molecule has 0 heterocycles. The molecule has 0 saturated heterocycles. The Hall–Kier alpha value is 0.0969. The summed E-state index contributed by atoms with van der Waals surface area (Å²) >= 11 is 0. The van der Waals surface area contributed by atoms with Crippen LogP contribution in [-0.2, 0) is 4.74 Å². The van der Waals surface area contributed by atoms with E-state index in [1.165, 1.54) is 0 Å². The lowest BCUT2D eigenvalue weighted by Gasteiger charge is -2.41. The molecule has 0 amide bonds. The van der Waals surface area contributed by atoms with E-state index in [1.807, 2.05) is 35.1 Å². The van der Waals surface area contributed by atoms with Crippen molar-refractivity contribution in [2.24, 2.45) is 0 Å². The average molecular weight is 176 g/mol. The first-order chi connectivity index (χ1) is 4.95. The molecular weight excluding hydrogens is 156 g/mol. The van der Waals surface area contributed by atoms with E-state index in [-0.39, 0.29) is 5.47 Å². The molecule has 0 aliphatic heterocycles. The van der Waals surface area contributed by atoms with Crippen molar-refractivity contribution in [3.63, 3.8) is 0 Å². The lowest BCUT2D eigenvalue weighted by Crippen LogP contribution is -2.57. The summed E-state index contributed by atoms with van der Waals surface area (Å²) in [5, 5.41) is 0. The van der Waals surface area contributed by atoms with Crippen molar-refractivity contribution in [3.05, 3.63) is 0 Å². The third-order valence-electron chi connectivity index (χ3n) is 2.08. The van der Waals surface area contributed by atoms with Crippen LogP contribution in [0.15, 0.2) is 0 Å². The summed E-state index contributed by atoms with van der Waals surface area (Å²) in [4.78, 5) is 4.23. The van der Waals surface area contributed by atoms with Crippen molar-refractivity contribution >= 4 is 10.2 Å². The number of ether oxygens (including phenoxy) is 1. The van der Waals surface area contributed by atoms with Gasteiger partial charge in [0.05, 0.1) is 10.2 Å². The fraction of sp³-hybridized carbons (Fsp3) is 1.00. The van der Waals surface area contributed by atoms with Crippen molar-refractivity contribution in [2.45, 2.75) is 12.4 Å². The van der Waals surface area contributed by atoms with Gasteiger partial charge in [-0.2, -0.15) is 0 Å². The third kappa shape index (κ3) is 2.55. The Morgan fingerprint density at radius 3 is 1.64 bits per heavy atom. The molecule has 4 heteroatoms. The predicted octanol–water partition coefficient (Wildman–Crippen LogP) is -0.877. The van der Waals surface area contributed by atoms with E-state index in [9.17, 15) is 0 Å². The van der Waals surface area contributed by atoms with Gasteiger partial charge in [0, 0.05) is 6.61 Å². The molecule has 11 heavy (non-hydrogen) atoms. The zero-order valence-corrected chi connectivity index (χ0v) is 10.5. The molecule has 0 N–H and O–H groups in total. The maximum Gasteiger partial charge on any atom is 0.149 e. The minimum atomic E-state index is -0.144. The van der Waals surface area contributed by atoms with E-state index >= 15 is 0 Å². The molecule has 3 nitrogen and oxygen atoms in total. The summed E-state index contributed by atoms with van der Waals surface area (Å²) < 4.78 is 5.67. The quantitative estimate of drug-likeness (QED) is 0.409. The van der Waals surface area contributed by atoms with E-state index in [0.717, 1.165) is 16.8 Å². The largest absolute Gasteiger partial charge is 0.352 e. The molecule has 0 aliphatic rings. The lowest BCUT2D eigenvalue weighted by atomic mass is 10.6. The first-order valence-electron chi connectivity index (χ1n) is 3.94. The van der Waals surface area contributed by atoms with Crippen molar-refractivity contribution in [2.75, 3.05) is 34.8 Å². The molecule has 0 unspecified atom stereocenters. The van der Waals surface area contributed by atoms with E-state index in [2.05, 4.69) is 9.80 Å². The highest BCUT2D eigenvalue weighted by Crippen LogP contribution is 2.11. The van der Waals surface area contributed by atoms with Crippen LogP contribution in [0.5, 0.6) is 0 Å². The van der Waals surface area contributed by atoms with Gasteiger partial charge < -0.3 is 4.74 Å². The standard InChI is InChI=1S/C7H20N2OSi/c1-6-10-7(11,8(2)3)9(4)5/h6H2,1-5,11H3. The summed E-state index contributed by atoms with van der Waals surface area (Å²) in [5.41, 5.74) is -0.144. The summed E-state index contributed by atoms with van der Waals surface area (Å²) in [6, 6.07) is 0. The molecule has 0 spiro atoms. The highest BCUT2D eigenvalue weighted by molar-refractivity contribution is 6.13. The maximum absolute atomic E-state index is 5.67. The van der Waals surface area contributed by atoms with Crippen LogP contribution in [0, 0.1) is 0 Å². The monoisotopic (exact) mass is 176 g/mol. The highest BCUT2D eigenvalue weighted by atomic mass is 28.1. The molecule has 0 aromatic carbocycles. The van der Waals surface area contributed by atoms with Crippen LogP contribution in [0.4, 0.5) is 0 Å². The van der Waals surface area contributed by atoms with Crippen LogP contribution in [0.3, 0.4) is 0 Å². The molecule has 0 bridgehead atoms. The maximum atomic E-state index is 5.67. The second-order valence-electron chi connectivity index (χ2n) is 3.16. The van der Waals surface area contributed by atoms with Gasteiger partial charge in [-0.25, -0.2) is 0 Å². The molecule has 68 valence electrons. The Balaban J connectivity index is 4.26. The zero-order chi connectivity index (χ0) is 9.07. The van der Waals surface area contributed by atoms with E-state index in [0.29, 0.717) is 0 Å². The number of hydrogen-bond acceptors (Lipinski definition) is 3. The van der Waals surface area contributed by atoms with Crippen molar-refractivity contribution < 1.29 is 4.74 Å². The van der Waals surface area contributed by atoms with Crippen LogP contribution in [0.25, 0.3) is 0 Å². The van der Waals surface area contributed by atoms with Crippen LogP contribution in [-0.4, -0.2) is 60.3 Å². The molecule has 0 radical (unpaired) electrons. The van der Waals surface area contributed by atoms with E-state index < -0.39 is 0 Å². The van der Waals surface area contributed by atoms with Crippen LogP contribution in [0.1, 0.15) is 6.92 Å². The van der Waals surface area contributed by atoms with Gasteiger partial charge in [0.1, 0.15) is 5.47 Å². The first-order valence-corrected chi connectivity index (χ1v) is 4.94. The van der Waals surface area contributed by atoms with Crippen molar-refractivity contribution in [3.8, 4) is 0 Å². The molecule has 0 saturated carbocycles. The van der Waals surface area contributed by atoms with Gasteiger partial charge in [-0.3, -0.25) is 9.80 Å². The Morgan fingerprint density at radius 1 is 1.18 bits per heavy atom. The second-order valence-corrected chi connectivity index (χ2v) is 4.46. The lowest BCUT2D eigenvalue weighted by molar-refractivity contribution is -0.153. The zero-order valence-electron chi connectivity index (χ0n) is 8.51. The van der Waals surface area contributed by atoms with Crippen LogP contribution >= 0.6 is 0 Å². The van der Waals surface area contributed by atoms with Gasteiger partial charge in [-0.1, -0.05) is 0 Å². The number of rotatable bonds is 4. The number of hydrogen-bond donors (Lipinski definition) is 0. The summed E-state index contributed by atoms with van der Waals surface area (Å²) in [6.07, 6.45) is 0. The Kier molecular flexibility index (Phi) is 4.24. The van der Waals surface area contributed by atoms with Crippen LogP contribution in [0.2, 0.25) is 0 Å². The smallest absolute Gasteiger partial charge is 0.149 e. The molecule has 0 atom stereocenters. The molecule has 0 rings (SSSR count). The predicted molar refractivity (Wildman–Crippen MR) is 51.7 cm³/mol. The second kappa shape index (κ2) is 4.20. The molecule has 0 aromatic heterocycles. The van der Waals surface area contributed by atoms with Gasteiger partial charge >= 0.3 is 0 Å². The molecule has 0 fully saturated rings. The minimum absolute atomic E-state index is 0.144. The average Bonchev–Trinajstić information content (AvgIpc) is 1.87. The fourth-order valence-electron chi connectivity index (χ4n) is 0.932. The van der Waals surface area contributed by atoms with Gasteiger partial charge in [0.25, 0.3) is 0 Å². The van der Waals surface area contributed by atoms with Gasteiger partial charge in [-0.15, -0.1) is 0 Å². The summed E-state index contributed by atoms with van der Waals surface area (Å²) in [7, 11) is 9.15. The van der Waals surface area contributed by atoms with E-state index in [1.54, 1.807) is 0 Å². The first kappa shape index (κ1) is 11.1. The van der Waals surface area contributed by atoms with Gasteiger partial charge in [0.2, 0.25) is 0 Å². The Morgan fingerprint density at radius 2 is 1.55 bits per heavy atom. The van der Waals surface area contributed by atoms with E-state index in [4.69, 9.17) is 4.74 Å². The minimum Gasteiger partial charge on any atom is -0.352 e. The Labute approximate surface area is 72.7 Å². The molecule has 0 aliphatic carbocycles. The SMILES string of the molecule is CCOC([SiH3])(N(C)C)N(C)C. The summed E-state index contributed by atoms with van der Waals surface area (Å²) in [5.74, 6) is 0. The topological polar surface area (TPSA) is 15.7 Å². The third-order valence-corrected chi connectivity index (χ3v) is 4.15. The normalized spacial score (nSPS) is 13.4. The van der Waals surface area contributed by atoms with Gasteiger partial charge in [0.15, 0.2) is 0 Å². The van der Waals surface area contributed by atoms with Crippen LogP contribution < -0.4 is 0 Å². The van der Waals surface area contributed by atoms with Crippen molar-refractivity contribution in [1.82, 2.24) is 9.80 Å².